The molecule has 3 rings (SSSR count). The lowest BCUT2D eigenvalue weighted by atomic mass is 9.71. The van der Waals surface area contributed by atoms with E-state index in [4.69, 9.17) is 21.1 Å². The van der Waals surface area contributed by atoms with Gasteiger partial charge in [-0.25, -0.2) is 0 Å². The van der Waals surface area contributed by atoms with Gasteiger partial charge in [0.25, 0.3) is 0 Å². The third kappa shape index (κ3) is 2.98. The first-order chi connectivity index (χ1) is 10.0. The summed E-state index contributed by atoms with van der Waals surface area (Å²) in [5.74, 6) is 0.157. The number of ether oxygens (including phenoxy) is 2. The van der Waals surface area contributed by atoms with Crippen LogP contribution in [0.4, 0.5) is 0 Å². The molecule has 0 radical (unpaired) electrons. The van der Waals surface area contributed by atoms with Crippen molar-refractivity contribution in [2.24, 2.45) is 5.92 Å². The first-order valence-corrected chi connectivity index (χ1v) is 8.10. The average molecular weight is 311 g/mol. The molecule has 2 saturated heterocycles. The van der Waals surface area contributed by atoms with E-state index in [1.54, 1.807) is 0 Å². The summed E-state index contributed by atoms with van der Waals surface area (Å²) in [5, 5.41) is 11.8. The van der Waals surface area contributed by atoms with Crippen molar-refractivity contribution >= 4 is 11.6 Å². The highest BCUT2D eigenvalue weighted by molar-refractivity contribution is 6.31. The average Bonchev–Trinajstić information content (AvgIpc) is 2.48. The second-order valence-corrected chi connectivity index (χ2v) is 6.87. The van der Waals surface area contributed by atoms with E-state index >= 15 is 0 Å². The molecule has 4 heteroatoms. The highest BCUT2D eigenvalue weighted by Crippen LogP contribution is 2.45. The Kier molecular flexibility index (Phi) is 4.28. The van der Waals surface area contributed by atoms with Gasteiger partial charge in [0.15, 0.2) is 0 Å². The van der Waals surface area contributed by atoms with Gasteiger partial charge < -0.3 is 14.6 Å². The Balaban J connectivity index is 1.83. The molecule has 1 spiro atoms. The largest absolute Gasteiger partial charge is 0.385 e. The Morgan fingerprint density at radius 2 is 1.95 bits per heavy atom. The zero-order valence-corrected chi connectivity index (χ0v) is 13.2. The lowest BCUT2D eigenvalue weighted by Crippen LogP contribution is -2.49. The molecule has 0 aromatic heterocycles. The first-order valence-electron chi connectivity index (χ1n) is 7.73. The van der Waals surface area contributed by atoms with Gasteiger partial charge in [-0.1, -0.05) is 29.8 Å². The van der Waals surface area contributed by atoms with E-state index < -0.39 is 5.60 Å². The van der Waals surface area contributed by atoms with Gasteiger partial charge in [-0.3, -0.25) is 0 Å². The Hall–Kier alpha value is -0.610. The molecule has 2 fully saturated rings. The fourth-order valence-corrected chi connectivity index (χ4v) is 4.02. The van der Waals surface area contributed by atoms with E-state index in [1.807, 2.05) is 31.2 Å². The van der Waals surface area contributed by atoms with Crippen LogP contribution >= 0.6 is 11.6 Å². The smallest absolute Gasteiger partial charge is 0.0912 e. The van der Waals surface area contributed by atoms with Crippen LogP contribution in [0.25, 0.3) is 0 Å². The van der Waals surface area contributed by atoms with Crippen molar-refractivity contribution in [3.8, 4) is 0 Å². The molecule has 3 nitrogen and oxygen atoms in total. The molecule has 2 heterocycles. The molecule has 0 aliphatic carbocycles. The number of rotatable bonds is 2. The SMILES string of the molecule is CC(O)(c1ccccc1Cl)C1CCOC2(CCOCC2)C1. The number of hydrogen-bond acceptors (Lipinski definition) is 3. The molecule has 2 aliphatic rings. The van der Waals surface area contributed by atoms with Gasteiger partial charge in [-0.05, 0) is 44.6 Å². The Bertz CT molecular complexity index is 489. The summed E-state index contributed by atoms with van der Waals surface area (Å²) in [6, 6.07) is 7.59. The van der Waals surface area contributed by atoms with Crippen molar-refractivity contribution in [1.29, 1.82) is 0 Å². The third-order valence-corrected chi connectivity index (χ3v) is 5.44. The highest BCUT2D eigenvalue weighted by atomic mass is 35.5. The van der Waals surface area contributed by atoms with E-state index in [2.05, 4.69) is 0 Å². The summed E-state index contributed by atoms with van der Waals surface area (Å²) < 4.78 is 11.5. The Morgan fingerprint density at radius 1 is 1.24 bits per heavy atom. The van der Waals surface area contributed by atoms with Crippen LogP contribution in [0.3, 0.4) is 0 Å². The fraction of sp³-hybridized carbons (Fsp3) is 0.647. The van der Waals surface area contributed by atoms with E-state index in [9.17, 15) is 5.11 Å². The van der Waals surface area contributed by atoms with Gasteiger partial charge in [0.1, 0.15) is 0 Å². The highest BCUT2D eigenvalue weighted by Gasteiger charge is 2.45. The van der Waals surface area contributed by atoms with Crippen LogP contribution in [0.15, 0.2) is 24.3 Å². The van der Waals surface area contributed by atoms with Crippen LogP contribution in [0.1, 0.15) is 38.2 Å². The minimum Gasteiger partial charge on any atom is -0.385 e. The monoisotopic (exact) mass is 310 g/mol. The molecular weight excluding hydrogens is 288 g/mol. The van der Waals surface area contributed by atoms with Crippen molar-refractivity contribution in [3.05, 3.63) is 34.9 Å². The van der Waals surface area contributed by atoms with Gasteiger partial charge in [0.2, 0.25) is 0 Å². The third-order valence-electron chi connectivity index (χ3n) is 5.11. The second-order valence-electron chi connectivity index (χ2n) is 6.46. The lowest BCUT2D eigenvalue weighted by Gasteiger charge is -2.47. The summed E-state index contributed by atoms with van der Waals surface area (Å²) in [7, 11) is 0. The van der Waals surface area contributed by atoms with Gasteiger partial charge >= 0.3 is 0 Å². The Labute approximate surface area is 131 Å². The molecule has 1 aromatic rings. The number of aliphatic hydroxyl groups is 1. The van der Waals surface area contributed by atoms with Crippen LogP contribution in [-0.2, 0) is 15.1 Å². The van der Waals surface area contributed by atoms with Crippen molar-refractivity contribution in [2.75, 3.05) is 19.8 Å². The van der Waals surface area contributed by atoms with Gasteiger partial charge in [0, 0.05) is 30.4 Å². The zero-order chi connectivity index (χ0) is 14.9. The predicted molar refractivity (Wildman–Crippen MR) is 82.5 cm³/mol. The van der Waals surface area contributed by atoms with Crippen LogP contribution < -0.4 is 0 Å². The van der Waals surface area contributed by atoms with E-state index in [1.165, 1.54) is 0 Å². The maximum absolute atomic E-state index is 11.1. The molecule has 1 N–H and O–H groups in total. The summed E-state index contributed by atoms with van der Waals surface area (Å²) in [6.45, 7) is 4.09. The Morgan fingerprint density at radius 3 is 2.67 bits per heavy atom. The topological polar surface area (TPSA) is 38.7 Å². The van der Waals surface area contributed by atoms with Crippen LogP contribution in [0.2, 0.25) is 5.02 Å². The zero-order valence-electron chi connectivity index (χ0n) is 12.5. The van der Waals surface area contributed by atoms with E-state index in [0.717, 1.165) is 44.5 Å². The summed E-state index contributed by atoms with van der Waals surface area (Å²) in [5.41, 5.74) is -0.222. The normalized spacial score (nSPS) is 28.2. The minimum absolute atomic E-state index is 0.119. The number of halogens is 1. The van der Waals surface area contributed by atoms with Crippen LogP contribution in [0, 0.1) is 5.92 Å². The van der Waals surface area contributed by atoms with Gasteiger partial charge in [-0.2, -0.15) is 0 Å². The van der Waals surface area contributed by atoms with Crippen LogP contribution in [0.5, 0.6) is 0 Å². The molecule has 116 valence electrons. The first kappa shape index (κ1) is 15.3. The van der Waals surface area contributed by atoms with Crippen molar-refractivity contribution in [2.45, 2.75) is 43.8 Å². The maximum Gasteiger partial charge on any atom is 0.0912 e. The molecule has 2 atom stereocenters. The van der Waals surface area contributed by atoms with E-state index in [-0.39, 0.29) is 11.5 Å². The maximum atomic E-state index is 11.1. The lowest BCUT2D eigenvalue weighted by molar-refractivity contribution is -0.174. The molecule has 21 heavy (non-hydrogen) atoms. The van der Waals surface area contributed by atoms with Crippen molar-refractivity contribution in [1.82, 2.24) is 0 Å². The summed E-state index contributed by atoms with van der Waals surface area (Å²) in [4.78, 5) is 0. The minimum atomic E-state index is -0.923. The molecule has 0 bridgehead atoms. The van der Waals surface area contributed by atoms with Gasteiger partial charge in [0.05, 0.1) is 11.2 Å². The van der Waals surface area contributed by atoms with Crippen LogP contribution in [-0.4, -0.2) is 30.5 Å². The molecular formula is C17H23ClO3. The molecule has 2 aliphatic heterocycles. The molecule has 0 amide bonds. The van der Waals surface area contributed by atoms with Crippen molar-refractivity contribution in [3.63, 3.8) is 0 Å². The predicted octanol–water partition coefficient (Wildman–Crippen LogP) is 3.52. The summed E-state index contributed by atoms with van der Waals surface area (Å²) >= 11 is 6.29. The second kappa shape index (κ2) is 5.88. The van der Waals surface area contributed by atoms with Crippen molar-refractivity contribution < 1.29 is 14.6 Å². The van der Waals surface area contributed by atoms with Gasteiger partial charge in [-0.15, -0.1) is 0 Å². The van der Waals surface area contributed by atoms with E-state index in [0.29, 0.717) is 11.6 Å². The number of benzene rings is 1. The quantitative estimate of drug-likeness (QED) is 0.908. The molecule has 1 aromatic carbocycles. The molecule has 0 saturated carbocycles. The standard InChI is InChI=1S/C17H23ClO3/c1-16(19,14-4-2-3-5-15(14)18)13-6-9-21-17(12-13)7-10-20-11-8-17/h2-5,13,19H,6-12H2,1H3. The fourth-order valence-electron chi connectivity index (χ4n) is 3.69. The molecule has 2 unspecified atom stereocenters. The summed E-state index contributed by atoms with van der Waals surface area (Å²) in [6.07, 6.45) is 3.57. The number of hydrogen-bond donors (Lipinski definition) is 1.